The molecular formula is C15H23N3O. The molecule has 1 saturated heterocycles. The van der Waals surface area contributed by atoms with Crippen molar-refractivity contribution < 1.29 is 4.79 Å². The zero-order chi connectivity index (χ0) is 13.8. The number of carbonyl (C=O) groups excluding carboxylic acids is 1. The summed E-state index contributed by atoms with van der Waals surface area (Å²) in [5, 5.41) is 0. The minimum atomic E-state index is 0.138. The van der Waals surface area contributed by atoms with Crippen LogP contribution in [0.5, 0.6) is 0 Å². The van der Waals surface area contributed by atoms with Gasteiger partial charge in [-0.3, -0.25) is 9.69 Å². The minimum Gasteiger partial charge on any atom is -0.399 e. The number of likely N-dealkylation sites (N-methyl/N-ethyl adjacent to an activating group) is 1. The topological polar surface area (TPSA) is 49.6 Å². The maximum absolute atomic E-state index is 12.3. The Kier molecular flexibility index (Phi) is 4.43. The number of benzene rings is 1. The van der Waals surface area contributed by atoms with Gasteiger partial charge in [0.15, 0.2) is 0 Å². The summed E-state index contributed by atoms with van der Waals surface area (Å²) in [7, 11) is 1.82. The number of amides is 1. The molecule has 1 aromatic rings. The first-order valence-electron chi connectivity index (χ1n) is 6.90. The Morgan fingerprint density at radius 2 is 2.11 bits per heavy atom. The highest BCUT2D eigenvalue weighted by Crippen LogP contribution is 2.17. The van der Waals surface area contributed by atoms with Gasteiger partial charge in [0.05, 0.1) is 6.54 Å². The van der Waals surface area contributed by atoms with Crippen molar-refractivity contribution in [2.24, 2.45) is 5.92 Å². The summed E-state index contributed by atoms with van der Waals surface area (Å²) in [6.45, 7) is 4.82. The molecule has 0 radical (unpaired) electrons. The van der Waals surface area contributed by atoms with Crippen LogP contribution in [0.4, 0.5) is 11.4 Å². The molecule has 1 amide bonds. The van der Waals surface area contributed by atoms with Gasteiger partial charge in [-0.05, 0) is 49.6 Å². The fourth-order valence-electron chi connectivity index (χ4n) is 2.57. The molecule has 0 bridgehead atoms. The number of nitrogens with zero attached hydrogens (tertiary/aromatic N) is 2. The fraction of sp³-hybridized carbons (Fsp3) is 0.533. The largest absolute Gasteiger partial charge is 0.399 e. The van der Waals surface area contributed by atoms with Crippen LogP contribution >= 0.6 is 0 Å². The smallest absolute Gasteiger partial charge is 0.240 e. The van der Waals surface area contributed by atoms with Gasteiger partial charge in [-0.2, -0.15) is 0 Å². The molecule has 1 fully saturated rings. The first-order valence-corrected chi connectivity index (χ1v) is 6.90. The molecule has 1 aliphatic rings. The maximum atomic E-state index is 12.3. The predicted molar refractivity (Wildman–Crippen MR) is 79.1 cm³/mol. The van der Waals surface area contributed by atoms with Gasteiger partial charge in [0.25, 0.3) is 0 Å². The number of carbonyl (C=O) groups is 1. The molecule has 0 aromatic heterocycles. The Balaban J connectivity index is 1.93. The Hall–Kier alpha value is -1.55. The van der Waals surface area contributed by atoms with E-state index in [-0.39, 0.29) is 5.91 Å². The van der Waals surface area contributed by atoms with E-state index >= 15 is 0 Å². The highest BCUT2D eigenvalue weighted by Gasteiger charge is 2.20. The average Bonchev–Trinajstić information content (AvgIpc) is 2.39. The molecule has 104 valence electrons. The van der Waals surface area contributed by atoms with Crippen LogP contribution in [-0.4, -0.2) is 37.5 Å². The van der Waals surface area contributed by atoms with E-state index in [9.17, 15) is 4.79 Å². The molecule has 1 heterocycles. The van der Waals surface area contributed by atoms with Crippen LogP contribution in [-0.2, 0) is 4.79 Å². The molecular weight excluding hydrogens is 238 g/mol. The Bertz CT molecular complexity index is 430. The van der Waals surface area contributed by atoms with E-state index in [4.69, 9.17) is 5.73 Å². The number of hydrogen-bond donors (Lipinski definition) is 1. The Labute approximate surface area is 115 Å². The summed E-state index contributed by atoms with van der Waals surface area (Å²) in [6.07, 6.45) is 2.47. The maximum Gasteiger partial charge on any atom is 0.240 e. The van der Waals surface area contributed by atoms with Gasteiger partial charge in [0.1, 0.15) is 0 Å². The molecule has 1 aliphatic heterocycles. The number of hydrogen-bond acceptors (Lipinski definition) is 3. The average molecular weight is 261 g/mol. The third-order valence-corrected chi connectivity index (χ3v) is 3.75. The summed E-state index contributed by atoms with van der Waals surface area (Å²) in [4.78, 5) is 16.2. The summed E-state index contributed by atoms with van der Waals surface area (Å²) < 4.78 is 0. The van der Waals surface area contributed by atoms with Gasteiger partial charge >= 0.3 is 0 Å². The number of piperidine rings is 1. The van der Waals surface area contributed by atoms with E-state index in [0.29, 0.717) is 12.5 Å². The third-order valence-electron chi connectivity index (χ3n) is 3.75. The van der Waals surface area contributed by atoms with E-state index in [1.54, 1.807) is 4.90 Å². The number of rotatable bonds is 3. The molecule has 4 nitrogen and oxygen atoms in total. The lowest BCUT2D eigenvalue weighted by Gasteiger charge is -2.31. The molecule has 0 saturated carbocycles. The van der Waals surface area contributed by atoms with Crippen molar-refractivity contribution in [1.82, 2.24) is 4.90 Å². The van der Waals surface area contributed by atoms with Crippen molar-refractivity contribution in [1.29, 1.82) is 0 Å². The molecule has 2 rings (SSSR count). The zero-order valence-corrected chi connectivity index (χ0v) is 11.8. The molecule has 0 spiro atoms. The first kappa shape index (κ1) is 13.9. The minimum absolute atomic E-state index is 0.138. The highest BCUT2D eigenvalue weighted by atomic mass is 16.2. The van der Waals surface area contributed by atoms with E-state index < -0.39 is 0 Å². The number of nitrogen functional groups attached to an aromatic ring is 1. The van der Waals surface area contributed by atoms with Gasteiger partial charge in [0, 0.05) is 25.0 Å². The van der Waals surface area contributed by atoms with E-state index in [1.807, 2.05) is 31.3 Å². The van der Waals surface area contributed by atoms with Crippen molar-refractivity contribution >= 4 is 17.3 Å². The second-order valence-electron chi connectivity index (χ2n) is 5.53. The Morgan fingerprint density at radius 3 is 2.74 bits per heavy atom. The molecule has 19 heavy (non-hydrogen) atoms. The van der Waals surface area contributed by atoms with Crippen LogP contribution in [0.15, 0.2) is 24.3 Å². The second kappa shape index (κ2) is 6.06. The van der Waals surface area contributed by atoms with Crippen LogP contribution in [0.2, 0.25) is 0 Å². The SMILES string of the molecule is CC1CCCN(CC(=O)N(C)c2ccc(N)cc2)C1. The molecule has 0 aliphatic carbocycles. The summed E-state index contributed by atoms with van der Waals surface area (Å²) >= 11 is 0. The monoisotopic (exact) mass is 261 g/mol. The van der Waals surface area contributed by atoms with Gasteiger partial charge in [-0.15, -0.1) is 0 Å². The quantitative estimate of drug-likeness (QED) is 0.846. The predicted octanol–water partition coefficient (Wildman–Crippen LogP) is 1.96. The van der Waals surface area contributed by atoms with Crippen molar-refractivity contribution in [3.05, 3.63) is 24.3 Å². The molecule has 2 N–H and O–H groups in total. The van der Waals surface area contributed by atoms with Gasteiger partial charge in [0.2, 0.25) is 5.91 Å². The van der Waals surface area contributed by atoms with Crippen molar-refractivity contribution in [2.45, 2.75) is 19.8 Å². The van der Waals surface area contributed by atoms with Crippen LogP contribution in [0.25, 0.3) is 0 Å². The summed E-state index contributed by atoms with van der Waals surface area (Å²) in [6, 6.07) is 7.41. The van der Waals surface area contributed by atoms with E-state index in [1.165, 1.54) is 12.8 Å². The number of likely N-dealkylation sites (tertiary alicyclic amines) is 1. The number of nitrogens with two attached hydrogens (primary N) is 1. The van der Waals surface area contributed by atoms with Crippen molar-refractivity contribution in [3.63, 3.8) is 0 Å². The van der Waals surface area contributed by atoms with Crippen molar-refractivity contribution in [3.8, 4) is 0 Å². The highest BCUT2D eigenvalue weighted by molar-refractivity contribution is 5.94. The van der Waals surface area contributed by atoms with E-state index in [0.717, 1.165) is 24.5 Å². The van der Waals surface area contributed by atoms with Crippen LogP contribution < -0.4 is 10.6 Å². The Morgan fingerprint density at radius 1 is 1.42 bits per heavy atom. The van der Waals surface area contributed by atoms with Crippen LogP contribution in [0, 0.1) is 5.92 Å². The third kappa shape index (κ3) is 3.70. The summed E-state index contributed by atoms with van der Waals surface area (Å²) in [5.74, 6) is 0.835. The van der Waals surface area contributed by atoms with E-state index in [2.05, 4.69) is 11.8 Å². The lowest BCUT2D eigenvalue weighted by atomic mass is 10.0. The lowest BCUT2D eigenvalue weighted by Crippen LogP contribution is -2.42. The first-order chi connectivity index (χ1) is 9.06. The summed E-state index contributed by atoms with van der Waals surface area (Å²) in [5.41, 5.74) is 7.27. The lowest BCUT2D eigenvalue weighted by molar-refractivity contribution is -0.119. The number of anilines is 2. The molecule has 1 aromatic carbocycles. The molecule has 1 unspecified atom stereocenters. The van der Waals surface area contributed by atoms with Crippen LogP contribution in [0.3, 0.4) is 0 Å². The van der Waals surface area contributed by atoms with Gasteiger partial charge in [-0.1, -0.05) is 6.92 Å². The van der Waals surface area contributed by atoms with Gasteiger partial charge in [-0.25, -0.2) is 0 Å². The van der Waals surface area contributed by atoms with Crippen molar-refractivity contribution in [2.75, 3.05) is 37.3 Å². The zero-order valence-electron chi connectivity index (χ0n) is 11.8. The standard InChI is InChI=1S/C15H23N3O/c1-12-4-3-9-18(10-12)11-15(19)17(2)14-7-5-13(16)6-8-14/h5-8,12H,3-4,9-11,16H2,1-2H3. The molecule has 1 atom stereocenters. The second-order valence-corrected chi connectivity index (χ2v) is 5.53. The normalized spacial score (nSPS) is 20.2. The van der Waals surface area contributed by atoms with Gasteiger partial charge < -0.3 is 10.6 Å². The fourth-order valence-corrected chi connectivity index (χ4v) is 2.57. The van der Waals surface area contributed by atoms with Crippen LogP contribution in [0.1, 0.15) is 19.8 Å². The molecule has 4 heteroatoms.